The van der Waals surface area contributed by atoms with Gasteiger partial charge in [-0.1, -0.05) is 23.7 Å². The van der Waals surface area contributed by atoms with Crippen molar-refractivity contribution in [2.24, 2.45) is 0 Å². The number of aromatic nitrogens is 2. The fourth-order valence-electron chi connectivity index (χ4n) is 4.24. The van der Waals surface area contributed by atoms with Gasteiger partial charge in [-0.15, -0.1) is 0 Å². The van der Waals surface area contributed by atoms with Crippen LogP contribution in [0, 0.1) is 0 Å². The van der Waals surface area contributed by atoms with E-state index in [1.54, 1.807) is 4.90 Å². The number of morpholine rings is 1. The molecule has 0 aliphatic carbocycles. The maximum atomic E-state index is 12.7. The molecule has 6 nitrogen and oxygen atoms in total. The molecule has 0 amide bonds. The number of benzene rings is 1. The summed E-state index contributed by atoms with van der Waals surface area (Å²) in [6.07, 6.45) is -1.97. The molecule has 2 aromatic rings. The lowest BCUT2D eigenvalue weighted by atomic mass is 9.96. The summed E-state index contributed by atoms with van der Waals surface area (Å²) in [7, 11) is 0. The summed E-state index contributed by atoms with van der Waals surface area (Å²) in [5.74, 6) is -1.29. The Morgan fingerprint density at radius 3 is 2.50 bits per heavy atom. The number of hydrogen-bond donors (Lipinski definition) is 0. The third kappa shape index (κ3) is 4.90. The summed E-state index contributed by atoms with van der Waals surface area (Å²) in [6, 6.07) is 8.45. The molecule has 4 rings (SSSR count). The van der Waals surface area contributed by atoms with Crippen LogP contribution in [-0.2, 0) is 17.3 Å². The molecular formula is C20H24ClF3N4O2. The summed E-state index contributed by atoms with van der Waals surface area (Å²) in [5.41, 5.74) is 1.21. The number of hydrogen-bond acceptors (Lipinski definition) is 6. The molecule has 10 heteroatoms. The van der Waals surface area contributed by atoms with Gasteiger partial charge in [-0.3, -0.25) is 4.90 Å². The first-order valence-electron chi connectivity index (χ1n) is 10.1. The molecular weight excluding hydrogens is 421 g/mol. The predicted molar refractivity (Wildman–Crippen MR) is 106 cm³/mol. The van der Waals surface area contributed by atoms with Gasteiger partial charge < -0.3 is 14.2 Å². The monoisotopic (exact) mass is 444 g/mol. The lowest BCUT2D eigenvalue weighted by Crippen LogP contribution is -2.56. The van der Waals surface area contributed by atoms with E-state index in [0.717, 1.165) is 25.8 Å². The van der Waals surface area contributed by atoms with Crippen LogP contribution in [0.25, 0.3) is 0 Å². The zero-order valence-corrected chi connectivity index (χ0v) is 17.4. The predicted octanol–water partition coefficient (Wildman–Crippen LogP) is 4.04. The van der Waals surface area contributed by atoms with E-state index in [9.17, 15) is 13.2 Å². The van der Waals surface area contributed by atoms with Crippen LogP contribution in [0.4, 0.5) is 19.1 Å². The quantitative estimate of drug-likeness (QED) is 0.709. The Balaban J connectivity index is 1.39. The molecule has 1 aromatic carbocycles. The molecule has 0 unspecified atom stereocenters. The van der Waals surface area contributed by atoms with Gasteiger partial charge in [-0.2, -0.15) is 18.2 Å². The van der Waals surface area contributed by atoms with Gasteiger partial charge >= 0.3 is 12.1 Å². The fourth-order valence-corrected chi connectivity index (χ4v) is 4.37. The number of piperidine rings is 1. The van der Waals surface area contributed by atoms with Crippen LogP contribution in [0.1, 0.15) is 31.2 Å². The molecule has 0 N–H and O–H groups in total. The van der Waals surface area contributed by atoms with Gasteiger partial charge in [0.2, 0.25) is 0 Å². The van der Waals surface area contributed by atoms with Crippen LogP contribution in [-0.4, -0.2) is 59.5 Å². The van der Waals surface area contributed by atoms with Gasteiger partial charge in [-0.25, -0.2) is 0 Å². The first-order chi connectivity index (χ1) is 14.3. The van der Waals surface area contributed by atoms with Crippen LogP contribution in [0.2, 0.25) is 5.02 Å². The first kappa shape index (κ1) is 21.4. The molecule has 2 atom stereocenters. The number of ether oxygens (including phenoxy) is 1. The summed E-state index contributed by atoms with van der Waals surface area (Å²) in [5, 5.41) is 4.22. The second-order valence-electron chi connectivity index (χ2n) is 7.94. The number of anilines is 1. The molecule has 0 saturated carbocycles. The van der Waals surface area contributed by atoms with Crippen LogP contribution in [0.5, 0.6) is 0 Å². The lowest BCUT2D eigenvalue weighted by Gasteiger charge is -2.46. The number of halogens is 4. The van der Waals surface area contributed by atoms with Gasteiger partial charge in [0.1, 0.15) is 0 Å². The molecule has 0 radical (unpaired) electrons. The molecule has 2 aliphatic heterocycles. The van der Waals surface area contributed by atoms with Gasteiger partial charge in [0.05, 0.1) is 12.7 Å². The van der Waals surface area contributed by atoms with Crippen molar-refractivity contribution in [2.45, 2.75) is 50.6 Å². The molecule has 1 aromatic heterocycles. The SMILES string of the molecule is C[C@H]1CN(C2CCN(c3noc(C(F)(F)F)n3)CC2)[C@@H](Cc2ccc(Cl)cc2)CO1. The highest BCUT2D eigenvalue weighted by atomic mass is 35.5. The summed E-state index contributed by atoms with van der Waals surface area (Å²) < 4.78 is 48.4. The van der Waals surface area contributed by atoms with Crippen molar-refractivity contribution < 1.29 is 22.4 Å². The van der Waals surface area contributed by atoms with E-state index in [1.807, 2.05) is 24.3 Å². The molecule has 3 heterocycles. The van der Waals surface area contributed by atoms with E-state index in [0.29, 0.717) is 30.8 Å². The van der Waals surface area contributed by atoms with Gasteiger partial charge in [0.25, 0.3) is 5.95 Å². The highest BCUT2D eigenvalue weighted by molar-refractivity contribution is 6.30. The van der Waals surface area contributed by atoms with E-state index in [1.165, 1.54) is 5.56 Å². The maximum Gasteiger partial charge on any atom is 0.471 e. The zero-order valence-electron chi connectivity index (χ0n) is 16.6. The van der Waals surface area contributed by atoms with Crippen molar-refractivity contribution in [2.75, 3.05) is 31.1 Å². The van der Waals surface area contributed by atoms with Crippen LogP contribution < -0.4 is 4.90 Å². The minimum absolute atomic E-state index is 0.00818. The summed E-state index contributed by atoms with van der Waals surface area (Å²) in [6.45, 7) is 4.73. The minimum atomic E-state index is -4.62. The highest BCUT2D eigenvalue weighted by Crippen LogP contribution is 2.30. The molecule has 2 fully saturated rings. The van der Waals surface area contributed by atoms with Gasteiger partial charge in [0, 0.05) is 36.7 Å². The Kier molecular flexibility index (Phi) is 6.22. The third-order valence-corrected chi connectivity index (χ3v) is 6.02. The average molecular weight is 445 g/mol. The summed E-state index contributed by atoms with van der Waals surface area (Å²) in [4.78, 5) is 7.77. The highest BCUT2D eigenvalue weighted by Gasteiger charge is 2.40. The van der Waals surface area contributed by atoms with Crippen molar-refractivity contribution >= 4 is 17.5 Å². The topological polar surface area (TPSA) is 54.6 Å². The maximum absolute atomic E-state index is 12.7. The van der Waals surface area contributed by atoms with E-state index in [4.69, 9.17) is 16.3 Å². The Hall–Kier alpha value is -1.84. The van der Waals surface area contributed by atoms with Crippen molar-refractivity contribution in [3.05, 3.63) is 40.7 Å². The number of alkyl halides is 3. The smallest absolute Gasteiger partial charge is 0.376 e. The van der Waals surface area contributed by atoms with Crippen molar-refractivity contribution in [3.8, 4) is 0 Å². The minimum Gasteiger partial charge on any atom is -0.376 e. The fraction of sp³-hybridized carbons (Fsp3) is 0.600. The largest absolute Gasteiger partial charge is 0.471 e. The molecule has 164 valence electrons. The Morgan fingerprint density at radius 2 is 1.87 bits per heavy atom. The standard InChI is InChI=1S/C20H24ClF3N4O2/c1-13-11-28(17(12-29-13)10-14-2-4-15(21)5-3-14)16-6-8-27(9-7-16)19-25-18(30-26-19)20(22,23)24/h2-5,13,16-17H,6-12H2,1H3/t13-,17-/m0/s1. The van der Waals surface area contributed by atoms with Crippen molar-refractivity contribution in [1.82, 2.24) is 15.0 Å². The Morgan fingerprint density at radius 1 is 1.17 bits per heavy atom. The van der Waals surface area contributed by atoms with Crippen LogP contribution in [0.3, 0.4) is 0 Å². The Labute approximate surface area is 177 Å². The Bertz CT molecular complexity index is 837. The second-order valence-corrected chi connectivity index (χ2v) is 8.38. The van der Waals surface area contributed by atoms with Crippen molar-refractivity contribution in [1.29, 1.82) is 0 Å². The molecule has 0 spiro atoms. The van der Waals surface area contributed by atoms with E-state index >= 15 is 0 Å². The van der Waals surface area contributed by atoms with Crippen LogP contribution >= 0.6 is 11.6 Å². The van der Waals surface area contributed by atoms with Gasteiger partial charge in [0.15, 0.2) is 0 Å². The number of rotatable bonds is 4. The molecule has 2 aliphatic rings. The first-order valence-corrected chi connectivity index (χ1v) is 10.4. The van der Waals surface area contributed by atoms with Gasteiger partial charge in [-0.05, 0) is 49.0 Å². The zero-order chi connectivity index (χ0) is 21.3. The molecule has 0 bridgehead atoms. The van der Waals surface area contributed by atoms with Crippen molar-refractivity contribution in [3.63, 3.8) is 0 Å². The van der Waals surface area contributed by atoms with E-state index in [-0.39, 0.29) is 18.1 Å². The molecule has 2 saturated heterocycles. The number of nitrogens with zero attached hydrogens (tertiary/aromatic N) is 4. The third-order valence-electron chi connectivity index (χ3n) is 5.77. The second kappa shape index (κ2) is 8.72. The van der Waals surface area contributed by atoms with E-state index in [2.05, 4.69) is 26.5 Å². The van der Waals surface area contributed by atoms with Crippen LogP contribution in [0.15, 0.2) is 28.8 Å². The van der Waals surface area contributed by atoms with E-state index < -0.39 is 12.1 Å². The average Bonchev–Trinajstić information content (AvgIpc) is 3.22. The molecule has 30 heavy (non-hydrogen) atoms. The lowest BCUT2D eigenvalue weighted by molar-refractivity contribution is -0.159. The summed E-state index contributed by atoms with van der Waals surface area (Å²) >= 11 is 6.00. The normalized spacial score (nSPS) is 24.4.